The number of hydrogen-bond donors (Lipinski definition) is 1. The molecule has 1 aromatic carbocycles. The summed E-state index contributed by atoms with van der Waals surface area (Å²) in [6.45, 7) is 11.3. The van der Waals surface area contributed by atoms with Gasteiger partial charge in [0.25, 0.3) is 0 Å². The molecular formula is C30H41NO4. The van der Waals surface area contributed by atoms with E-state index in [1.807, 2.05) is 32.9 Å². The molecule has 2 saturated heterocycles. The predicted octanol–water partition coefficient (Wildman–Crippen LogP) is 6.11. The zero-order valence-corrected chi connectivity index (χ0v) is 22.0. The van der Waals surface area contributed by atoms with Crippen LogP contribution in [0.2, 0.25) is 0 Å². The first kappa shape index (κ1) is 25.7. The van der Waals surface area contributed by atoms with Crippen LogP contribution in [-0.2, 0) is 14.3 Å². The first-order valence-corrected chi connectivity index (χ1v) is 13.5. The van der Waals surface area contributed by atoms with Gasteiger partial charge in [-0.15, -0.1) is 0 Å². The molecule has 35 heavy (non-hydrogen) atoms. The predicted molar refractivity (Wildman–Crippen MR) is 139 cm³/mol. The summed E-state index contributed by atoms with van der Waals surface area (Å²) in [6, 6.07) is 4.07. The number of benzene rings is 1. The summed E-state index contributed by atoms with van der Waals surface area (Å²) in [7, 11) is 0. The number of amides is 2. The maximum absolute atomic E-state index is 13.2. The van der Waals surface area contributed by atoms with Crippen molar-refractivity contribution in [2.24, 2.45) is 17.8 Å². The third kappa shape index (κ3) is 4.84. The van der Waals surface area contributed by atoms with E-state index < -0.39 is 0 Å². The van der Waals surface area contributed by atoms with Crippen LogP contribution in [0, 0.1) is 31.6 Å². The summed E-state index contributed by atoms with van der Waals surface area (Å²) in [5.41, 5.74) is 6.97. The van der Waals surface area contributed by atoms with Gasteiger partial charge in [0.15, 0.2) is 0 Å². The highest BCUT2D eigenvalue weighted by atomic mass is 16.5. The van der Waals surface area contributed by atoms with Crippen molar-refractivity contribution in [2.45, 2.75) is 85.7 Å². The normalized spacial score (nSPS) is 26.5. The molecule has 4 atom stereocenters. The lowest BCUT2D eigenvalue weighted by molar-refractivity contribution is -0.140. The topological polar surface area (TPSA) is 66.8 Å². The molecule has 2 fully saturated rings. The number of nitrogens with zero attached hydrogens (tertiary/aromatic N) is 1. The van der Waals surface area contributed by atoms with E-state index in [1.165, 1.54) is 21.6 Å². The van der Waals surface area contributed by atoms with E-state index in [1.54, 1.807) is 0 Å². The van der Waals surface area contributed by atoms with Gasteiger partial charge in [0, 0.05) is 12.5 Å². The monoisotopic (exact) mass is 479 g/mol. The van der Waals surface area contributed by atoms with Gasteiger partial charge in [0.2, 0.25) is 11.8 Å². The molecule has 0 spiro atoms. The lowest BCUT2D eigenvalue weighted by Gasteiger charge is -2.32. The Morgan fingerprint density at radius 2 is 1.80 bits per heavy atom. The van der Waals surface area contributed by atoms with Gasteiger partial charge in [0.1, 0.15) is 5.75 Å². The highest BCUT2D eigenvalue weighted by molar-refractivity contribution is 6.05. The fourth-order valence-corrected chi connectivity index (χ4v) is 6.50. The number of phenols is 1. The zero-order valence-electron chi connectivity index (χ0n) is 22.0. The van der Waals surface area contributed by atoms with Gasteiger partial charge >= 0.3 is 0 Å². The molecule has 0 unspecified atom stereocenters. The lowest BCUT2D eigenvalue weighted by Crippen LogP contribution is -2.34. The van der Waals surface area contributed by atoms with Crippen molar-refractivity contribution in [1.82, 2.24) is 4.90 Å². The number of carbonyl (C=O) groups is 2. The number of aromatic hydroxyl groups is 1. The van der Waals surface area contributed by atoms with E-state index in [4.69, 9.17) is 4.74 Å². The van der Waals surface area contributed by atoms with Crippen LogP contribution in [0.3, 0.4) is 0 Å². The molecule has 0 radical (unpaired) electrons. The van der Waals surface area contributed by atoms with Gasteiger partial charge in [-0.05, 0) is 86.8 Å². The van der Waals surface area contributed by atoms with Crippen LogP contribution < -0.4 is 0 Å². The Kier molecular flexibility index (Phi) is 7.85. The molecule has 1 aliphatic carbocycles. The minimum atomic E-state index is -0.237. The van der Waals surface area contributed by atoms with Crippen LogP contribution in [0.4, 0.5) is 0 Å². The highest BCUT2D eigenvalue weighted by Gasteiger charge is 2.56. The number of likely N-dealkylation sites (tertiary alicyclic amines) is 1. The molecule has 0 aromatic heterocycles. The van der Waals surface area contributed by atoms with Crippen molar-refractivity contribution in [3.8, 4) is 5.75 Å². The average Bonchev–Trinajstić information content (AvgIpc) is 3.35. The van der Waals surface area contributed by atoms with Gasteiger partial charge in [-0.1, -0.05) is 44.4 Å². The standard InChI is InChI=1S/C30H41NO4/c1-6-9-22-16-23-27(30(34)31(12-7-2)29(23)33)24-17-35-25(26(22)24)11-10-20(8-3)15-21-13-18(4)28(32)19(5)14-21/h13-15,23-25,27,32H,6-12,16-17H2,1-5H3/b20-15+/t23-,24+,25-,27-/m1/s1. The number of ether oxygens (including phenoxy) is 1. The van der Waals surface area contributed by atoms with E-state index in [2.05, 4.69) is 19.9 Å². The number of hydrogen-bond acceptors (Lipinski definition) is 4. The highest BCUT2D eigenvalue weighted by Crippen LogP contribution is 2.50. The second kappa shape index (κ2) is 10.7. The van der Waals surface area contributed by atoms with Crippen molar-refractivity contribution in [2.75, 3.05) is 13.2 Å². The molecule has 2 heterocycles. The number of carbonyl (C=O) groups excluding carboxylic acids is 2. The number of fused-ring (bicyclic) bond motifs is 3. The van der Waals surface area contributed by atoms with Crippen molar-refractivity contribution < 1.29 is 19.4 Å². The van der Waals surface area contributed by atoms with Gasteiger partial charge < -0.3 is 9.84 Å². The largest absolute Gasteiger partial charge is 0.507 e. The molecule has 190 valence electrons. The summed E-state index contributed by atoms with van der Waals surface area (Å²) in [4.78, 5) is 27.8. The quantitative estimate of drug-likeness (QED) is 0.343. The summed E-state index contributed by atoms with van der Waals surface area (Å²) in [6.07, 6.45) is 8.59. The number of phenolic OH excluding ortho intramolecular Hbond substituents is 1. The maximum Gasteiger partial charge on any atom is 0.233 e. The Bertz CT molecular complexity index is 1030. The lowest BCUT2D eigenvalue weighted by atomic mass is 9.68. The fraction of sp³-hybridized carbons (Fsp3) is 0.600. The number of allylic oxidation sites excluding steroid dienone is 2. The van der Waals surface area contributed by atoms with Crippen LogP contribution in [0.5, 0.6) is 5.75 Å². The molecule has 0 saturated carbocycles. The first-order chi connectivity index (χ1) is 16.8. The molecule has 4 rings (SSSR count). The second-order valence-electron chi connectivity index (χ2n) is 10.6. The Balaban J connectivity index is 1.55. The minimum Gasteiger partial charge on any atom is -0.507 e. The van der Waals surface area contributed by atoms with E-state index in [-0.39, 0.29) is 35.7 Å². The molecule has 2 aliphatic heterocycles. The minimum absolute atomic E-state index is 0.0244. The Morgan fingerprint density at radius 1 is 1.09 bits per heavy atom. The molecule has 5 heteroatoms. The van der Waals surface area contributed by atoms with E-state index in [9.17, 15) is 14.7 Å². The van der Waals surface area contributed by atoms with Crippen molar-refractivity contribution in [3.05, 3.63) is 45.5 Å². The van der Waals surface area contributed by atoms with Gasteiger partial charge in [-0.2, -0.15) is 0 Å². The van der Waals surface area contributed by atoms with Crippen molar-refractivity contribution in [1.29, 1.82) is 0 Å². The molecule has 1 N–H and O–H groups in total. The summed E-state index contributed by atoms with van der Waals surface area (Å²) in [5.74, 6) is 0.0478. The smallest absolute Gasteiger partial charge is 0.233 e. The van der Waals surface area contributed by atoms with E-state index >= 15 is 0 Å². The van der Waals surface area contributed by atoms with Crippen LogP contribution in [0.1, 0.15) is 82.4 Å². The van der Waals surface area contributed by atoms with Crippen molar-refractivity contribution >= 4 is 17.9 Å². The van der Waals surface area contributed by atoms with E-state index in [0.29, 0.717) is 18.9 Å². The summed E-state index contributed by atoms with van der Waals surface area (Å²) in [5, 5.41) is 10.1. The van der Waals surface area contributed by atoms with Crippen LogP contribution in [0.15, 0.2) is 28.9 Å². The number of imide groups is 1. The van der Waals surface area contributed by atoms with Crippen LogP contribution in [-0.4, -0.2) is 41.1 Å². The molecule has 0 bridgehead atoms. The van der Waals surface area contributed by atoms with Gasteiger partial charge in [-0.3, -0.25) is 14.5 Å². The Morgan fingerprint density at radius 3 is 2.43 bits per heavy atom. The van der Waals surface area contributed by atoms with Crippen LogP contribution in [0.25, 0.3) is 6.08 Å². The third-order valence-electron chi connectivity index (χ3n) is 8.16. The number of aryl methyl sites for hydroxylation is 2. The molecule has 2 amide bonds. The Hall–Kier alpha value is -2.40. The molecule has 3 aliphatic rings. The second-order valence-corrected chi connectivity index (χ2v) is 10.6. The van der Waals surface area contributed by atoms with Crippen LogP contribution >= 0.6 is 0 Å². The van der Waals surface area contributed by atoms with Crippen molar-refractivity contribution in [3.63, 3.8) is 0 Å². The summed E-state index contributed by atoms with van der Waals surface area (Å²) >= 11 is 0. The van der Waals surface area contributed by atoms with Gasteiger partial charge in [-0.25, -0.2) is 0 Å². The SMILES string of the molecule is CCCC1=C2[C@@H](CC/C(=C/c3cc(C)c(O)c(C)c3)CC)OC[C@@H]2[C@@H]2C(=O)N(CCC)C(=O)[C@@H]2C1. The summed E-state index contributed by atoms with van der Waals surface area (Å²) < 4.78 is 6.36. The molecule has 1 aromatic rings. The number of rotatable bonds is 9. The zero-order chi connectivity index (χ0) is 25.3. The van der Waals surface area contributed by atoms with Gasteiger partial charge in [0.05, 0.1) is 24.5 Å². The molecular weight excluding hydrogens is 438 g/mol. The molecule has 5 nitrogen and oxygen atoms in total. The van der Waals surface area contributed by atoms with E-state index in [0.717, 1.165) is 61.6 Å². The average molecular weight is 480 g/mol. The third-order valence-corrected chi connectivity index (χ3v) is 8.16. The maximum atomic E-state index is 13.2. The Labute approximate surface area is 210 Å². The fourth-order valence-electron chi connectivity index (χ4n) is 6.50. The first-order valence-electron chi connectivity index (χ1n) is 13.5.